The first-order valence-electron chi connectivity index (χ1n) is 7.12. The van der Waals surface area contributed by atoms with Crippen molar-refractivity contribution in [2.45, 2.75) is 11.8 Å². The number of hydrogen-bond acceptors (Lipinski definition) is 7. The zero-order chi connectivity index (χ0) is 16.9. The molecule has 0 saturated carbocycles. The molecule has 1 aromatic carbocycles. The Morgan fingerprint density at radius 2 is 1.88 bits per heavy atom. The highest BCUT2D eigenvalue weighted by Gasteiger charge is 2.05. The predicted octanol–water partition coefficient (Wildman–Crippen LogP) is 2.97. The minimum absolute atomic E-state index is 0.633. The summed E-state index contributed by atoms with van der Waals surface area (Å²) in [7, 11) is 0.422. The Bertz CT molecular complexity index is 866. The van der Waals surface area contributed by atoms with Crippen molar-refractivity contribution in [1.29, 1.82) is 0 Å². The molecule has 24 heavy (non-hydrogen) atoms. The van der Waals surface area contributed by atoms with Gasteiger partial charge in [0.1, 0.15) is 28.9 Å². The first-order valence-corrected chi connectivity index (χ1v) is 9.08. The molecule has 1 unspecified atom stereocenters. The van der Waals surface area contributed by atoms with E-state index < -0.39 is 11.0 Å². The topological polar surface area (TPSA) is 91.8 Å². The van der Waals surface area contributed by atoms with Crippen molar-refractivity contribution < 1.29 is 4.21 Å². The molecule has 3 rings (SSSR count). The van der Waals surface area contributed by atoms with E-state index in [1.807, 2.05) is 25.1 Å². The van der Waals surface area contributed by atoms with Crippen LogP contribution in [0.5, 0.6) is 0 Å². The third-order valence-electron chi connectivity index (χ3n) is 3.03. The Labute approximate surface area is 146 Å². The number of rotatable bonds is 6. The second-order valence-electron chi connectivity index (χ2n) is 4.82. The summed E-state index contributed by atoms with van der Waals surface area (Å²) < 4.78 is 14.5. The van der Waals surface area contributed by atoms with Crippen LogP contribution in [0.1, 0.15) is 4.88 Å². The second kappa shape index (κ2) is 7.47. The molecule has 0 aliphatic carbocycles. The molecule has 0 aliphatic rings. The molecule has 3 N–H and O–H groups in total. The highest BCUT2D eigenvalue weighted by Crippen LogP contribution is 2.23. The molecule has 0 bridgehead atoms. The SMILES string of the molecule is CNS(=O)c1cccc(Nc2cc(Nc3ncc(C)s3)ncn2)c1. The maximum absolute atomic E-state index is 11.8. The minimum Gasteiger partial charge on any atom is -0.340 e. The van der Waals surface area contributed by atoms with E-state index in [-0.39, 0.29) is 0 Å². The summed E-state index contributed by atoms with van der Waals surface area (Å²) >= 11 is 1.56. The summed E-state index contributed by atoms with van der Waals surface area (Å²) in [5.41, 5.74) is 0.797. The number of aryl methyl sites for hydroxylation is 1. The third kappa shape index (κ3) is 4.13. The number of anilines is 4. The molecule has 0 fully saturated rings. The summed E-state index contributed by atoms with van der Waals surface area (Å²) in [5.74, 6) is 1.28. The van der Waals surface area contributed by atoms with Crippen LogP contribution in [-0.2, 0) is 11.0 Å². The van der Waals surface area contributed by atoms with E-state index in [9.17, 15) is 4.21 Å². The fraction of sp³-hybridized carbons (Fsp3) is 0.133. The summed E-state index contributed by atoms with van der Waals surface area (Å²) in [4.78, 5) is 14.5. The van der Waals surface area contributed by atoms with Crippen LogP contribution in [0, 0.1) is 6.92 Å². The number of benzene rings is 1. The molecule has 0 amide bonds. The van der Waals surface area contributed by atoms with Crippen LogP contribution >= 0.6 is 11.3 Å². The Kier molecular flexibility index (Phi) is 5.14. The van der Waals surface area contributed by atoms with Gasteiger partial charge in [-0.2, -0.15) is 0 Å². The smallest absolute Gasteiger partial charge is 0.188 e. The molecular formula is C15H16N6OS2. The molecule has 7 nitrogen and oxygen atoms in total. The predicted molar refractivity (Wildman–Crippen MR) is 97.4 cm³/mol. The van der Waals surface area contributed by atoms with Gasteiger partial charge in [0.05, 0.1) is 4.90 Å². The monoisotopic (exact) mass is 360 g/mol. The van der Waals surface area contributed by atoms with Crippen LogP contribution in [0.3, 0.4) is 0 Å². The number of nitrogens with zero attached hydrogens (tertiary/aromatic N) is 3. The minimum atomic E-state index is -1.23. The molecule has 0 aliphatic heterocycles. The van der Waals surface area contributed by atoms with Crippen molar-refractivity contribution in [3.8, 4) is 0 Å². The van der Waals surface area contributed by atoms with Gasteiger partial charge in [-0.1, -0.05) is 6.07 Å². The Morgan fingerprint density at radius 1 is 1.08 bits per heavy atom. The van der Waals surface area contributed by atoms with Gasteiger partial charge in [0, 0.05) is 22.8 Å². The zero-order valence-electron chi connectivity index (χ0n) is 13.1. The van der Waals surface area contributed by atoms with Gasteiger partial charge in [-0.15, -0.1) is 11.3 Å². The second-order valence-corrected chi connectivity index (χ2v) is 7.47. The van der Waals surface area contributed by atoms with E-state index in [4.69, 9.17) is 0 Å². The van der Waals surface area contributed by atoms with E-state index in [0.29, 0.717) is 16.5 Å². The van der Waals surface area contributed by atoms with Gasteiger partial charge in [-0.25, -0.2) is 23.9 Å². The van der Waals surface area contributed by atoms with Crippen LogP contribution in [0.2, 0.25) is 0 Å². The van der Waals surface area contributed by atoms with Crippen LogP contribution in [-0.4, -0.2) is 26.2 Å². The number of aromatic nitrogens is 3. The van der Waals surface area contributed by atoms with Crippen LogP contribution in [0.25, 0.3) is 0 Å². The van der Waals surface area contributed by atoms with Crippen LogP contribution in [0.15, 0.2) is 47.8 Å². The summed E-state index contributed by atoms with van der Waals surface area (Å²) in [6, 6.07) is 9.13. The first kappa shape index (κ1) is 16.5. The molecule has 0 radical (unpaired) electrons. The Morgan fingerprint density at radius 3 is 2.58 bits per heavy atom. The first-order chi connectivity index (χ1) is 11.6. The quantitative estimate of drug-likeness (QED) is 0.626. The lowest BCUT2D eigenvalue weighted by Crippen LogP contribution is -2.10. The fourth-order valence-electron chi connectivity index (χ4n) is 1.97. The maximum Gasteiger partial charge on any atom is 0.188 e. The molecule has 0 saturated heterocycles. The maximum atomic E-state index is 11.8. The summed E-state index contributed by atoms with van der Waals surface area (Å²) in [6.45, 7) is 2.00. The van der Waals surface area contributed by atoms with E-state index >= 15 is 0 Å². The molecule has 2 aromatic heterocycles. The average molecular weight is 360 g/mol. The lowest BCUT2D eigenvalue weighted by molar-refractivity contribution is 0.678. The standard InChI is InChI=1S/C15H16N6OS2/c1-10-8-17-15(23-10)21-14-7-13(18-9-19-14)20-11-4-3-5-12(6-11)24(22)16-2/h3-9,16H,1-2H3,(H2,17,18,19,20,21). The zero-order valence-corrected chi connectivity index (χ0v) is 14.7. The van der Waals surface area contributed by atoms with Crippen LogP contribution < -0.4 is 15.4 Å². The van der Waals surface area contributed by atoms with Gasteiger partial charge in [0.15, 0.2) is 5.13 Å². The third-order valence-corrected chi connectivity index (χ3v) is 4.91. The van der Waals surface area contributed by atoms with Gasteiger partial charge in [0.2, 0.25) is 0 Å². The largest absolute Gasteiger partial charge is 0.340 e. The number of hydrogen-bond donors (Lipinski definition) is 3. The van der Waals surface area contributed by atoms with Crippen molar-refractivity contribution >= 4 is 44.8 Å². The van der Waals surface area contributed by atoms with E-state index in [0.717, 1.165) is 15.7 Å². The number of thiazole rings is 1. The molecule has 2 heterocycles. The molecule has 3 aromatic rings. The highest BCUT2D eigenvalue weighted by atomic mass is 32.2. The Balaban J connectivity index is 1.76. The van der Waals surface area contributed by atoms with Crippen molar-refractivity contribution in [3.63, 3.8) is 0 Å². The normalized spacial score (nSPS) is 11.9. The van der Waals surface area contributed by atoms with Crippen molar-refractivity contribution in [3.05, 3.63) is 47.7 Å². The number of nitrogens with one attached hydrogen (secondary N) is 3. The average Bonchev–Trinajstić information content (AvgIpc) is 2.99. The molecule has 0 spiro atoms. The molecule has 124 valence electrons. The summed E-state index contributed by atoms with van der Waals surface area (Å²) in [5, 5.41) is 7.11. The van der Waals surface area contributed by atoms with Gasteiger partial charge in [0.25, 0.3) is 0 Å². The molecular weight excluding hydrogens is 344 g/mol. The Hall–Kier alpha value is -2.36. The van der Waals surface area contributed by atoms with E-state index in [1.165, 1.54) is 6.33 Å². The summed E-state index contributed by atoms with van der Waals surface area (Å²) in [6.07, 6.45) is 3.28. The highest BCUT2D eigenvalue weighted by molar-refractivity contribution is 7.83. The van der Waals surface area contributed by atoms with Gasteiger partial charge >= 0.3 is 0 Å². The van der Waals surface area contributed by atoms with E-state index in [2.05, 4.69) is 30.3 Å². The van der Waals surface area contributed by atoms with E-state index in [1.54, 1.807) is 36.7 Å². The lowest BCUT2D eigenvalue weighted by Gasteiger charge is -2.08. The molecule has 1 atom stereocenters. The van der Waals surface area contributed by atoms with Crippen LogP contribution in [0.4, 0.5) is 22.5 Å². The van der Waals surface area contributed by atoms with Gasteiger partial charge < -0.3 is 10.6 Å². The fourth-order valence-corrected chi connectivity index (χ4v) is 3.31. The van der Waals surface area contributed by atoms with Gasteiger partial charge in [-0.05, 0) is 32.2 Å². The lowest BCUT2D eigenvalue weighted by atomic mass is 10.3. The van der Waals surface area contributed by atoms with Crippen molar-refractivity contribution in [2.75, 3.05) is 17.7 Å². The van der Waals surface area contributed by atoms with Gasteiger partial charge in [-0.3, -0.25) is 0 Å². The molecule has 9 heteroatoms. The van der Waals surface area contributed by atoms with Crippen molar-refractivity contribution in [2.24, 2.45) is 0 Å². The van der Waals surface area contributed by atoms with Crippen molar-refractivity contribution in [1.82, 2.24) is 19.7 Å².